The monoisotopic (exact) mass is 350 g/mol. The molecule has 0 spiro atoms. The minimum absolute atomic E-state index is 0.0568. The summed E-state index contributed by atoms with van der Waals surface area (Å²) in [6, 6.07) is 3.96. The summed E-state index contributed by atoms with van der Waals surface area (Å²) in [4.78, 5) is 16.9. The summed E-state index contributed by atoms with van der Waals surface area (Å²) in [6.45, 7) is 12.7. The fourth-order valence-electron chi connectivity index (χ4n) is 3.16. The summed E-state index contributed by atoms with van der Waals surface area (Å²) in [5, 5.41) is 2.94. The lowest BCUT2D eigenvalue weighted by Gasteiger charge is -2.37. The van der Waals surface area contributed by atoms with Gasteiger partial charge >= 0.3 is 0 Å². The predicted octanol–water partition coefficient (Wildman–Crippen LogP) is 2.13. The van der Waals surface area contributed by atoms with E-state index in [-0.39, 0.29) is 23.7 Å². The topological polar surface area (TPSA) is 61.6 Å². The molecule has 1 heterocycles. The van der Waals surface area contributed by atoms with Crippen molar-refractivity contribution in [2.24, 2.45) is 11.7 Å². The highest BCUT2D eigenvalue weighted by Crippen LogP contribution is 2.28. The fourth-order valence-corrected chi connectivity index (χ4v) is 3.16. The molecule has 5 nitrogen and oxygen atoms in total. The molecule has 1 aromatic rings. The van der Waals surface area contributed by atoms with Crippen LogP contribution in [-0.4, -0.2) is 49.6 Å². The second-order valence-corrected chi connectivity index (χ2v) is 7.12. The molecule has 2 unspecified atom stereocenters. The Kier molecular flexibility index (Phi) is 6.79. The second-order valence-electron chi connectivity index (χ2n) is 7.12. The van der Waals surface area contributed by atoms with E-state index in [1.54, 1.807) is 0 Å². The molecular formula is C19H31FN4O. The number of carbonyl (C=O) groups excluding carboxylic acids is 1. The molecule has 1 aliphatic heterocycles. The van der Waals surface area contributed by atoms with E-state index < -0.39 is 6.04 Å². The zero-order chi connectivity index (χ0) is 18.6. The molecule has 1 aliphatic rings. The number of halogens is 1. The van der Waals surface area contributed by atoms with Crippen LogP contribution in [-0.2, 0) is 4.79 Å². The van der Waals surface area contributed by atoms with Crippen molar-refractivity contribution in [3.8, 4) is 0 Å². The van der Waals surface area contributed by atoms with Crippen molar-refractivity contribution < 1.29 is 9.18 Å². The van der Waals surface area contributed by atoms with E-state index in [1.165, 1.54) is 12.1 Å². The van der Waals surface area contributed by atoms with Gasteiger partial charge in [0.1, 0.15) is 5.82 Å². The predicted molar refractivity (Wildman–Crippen MR) is 100 cm³/mol. The van der Waals surface area contributed by atoms with Gasteiger partial charge < -0.3 is 20.9 Å². The van der Waals surface area contributed by atoms with Crippen molar-refractivity contribution in [2.45, 2.75) is 39.8 Å². The Morgan fingerprint density at radius 3 is 2.44 bits per heavy atom. The van der Waals surface area contributed by atoms with Gasteiger partial charge in [0.15, 0.2) is 0 Å². The highest BCUT2D eigenvalue weighted by molar-refractivity contribution is 5.82. The van der Waals surface area contributed by atoms with Crippen molar-refractivity contribution in [3.05, 3.63) is 29.6 Å². The van der Waals surface area contributed by atoms with Gasteiger partial charge in [-0.1, -0.05) is 20.8 Å². The number of likely N-dealkylation sites (N-methyl/N-ethyl adjacent to an activating group) is 1. The maximum absolute atomic E-state index is 13.9. The number of carbonyl (C=O) groups is 1. The van der Waals surface area contributed by atoms with Gasteiger partial charge in [-0.05, 0) is 37.6 Å². The summed E-state index contributed by atoms with van der Waals surface area (Å²) in [7, 11) is 0. The first-order valence-electron chi connectivity index (χ1n) is 9.16. The zero-order valence-corrected chi connectivity index (χ0v) is 15.8. The first kappa shape index (κ1) is 19.7. The average Bonchev–Trinajstić information content (AvgIpc) is 2.60. The normalized spacial score (nSPS) is 18.3. The van der Waals surface area contributed by atoms with Crippen LogP contribution in [0.25, 0.3) is 0 Å². The SMILES string of the molecule is CCN1CCN(c2ccc(F)cc2C(C)NC(=O)C(N)C(C)C)CC1. The van der Waals surface area contributed by atoms with E-state index >= 15 is 0 Å². The second kappa shape index (κ2) is 8.63. The smallest absolute Gasteiger partial charge is 0.237 e. The molecule has 0 bridgehead atoms. The molecule has 1 amide bonds. The van der Waals surface area contributed by atoms with E-state index in [2.05, 4.69) is 22.0 Å². The Morgan fingerprint density at radius 2 is 1.88 bits per heavy atom. The van der Waals surface area contributed by atoms with Crippen LogP contribution >= 0.6 is 0 Å². The van der Waals surface area contributed by atoms with Crippen LogP contribution in [0.3, 0.4) is 0 Å². The maximum Gasteiger partial charge on any atom is 0.237 e. The summed E-state index contributed by atoms with van der Waals surface area (Å²) in [5.74, 6) is -0.435. The molecule has 3 N–H and O–H groups in total. The molecule has 6 heteroatoms. The number of rotatable bonds is 6. The lowest BCUT2D eigenvalue weighted by atomic mass is 10.0. The molecule has 1 fully saturated rings. The lowest BCUT2D eigenvalue weighted by Crippen LogP contribution is -2.47. The van der Waals surface area contributed by atoms with Crippen LogP contribution in [0.2, 0.25) is 0 Å². The Hall–Kier alpha value is -1.66. The van der Waals surface area contributed by atoms with Crippen LogP contribution in [0.5, 0.6) is 0 Å². The van der Waals surface area contributed by atoms with Gasteiger partial charge in [0.05, 0.1) is 12.1 Å². The Labute approximate surface area is 150 Å². The van der Waals surface area contributed by atoms with Crippen molar-refractivity contribution in [3.63, 3.8) is 0 Å². The summed E-state index contributed by atoms with van der Waals surface area (Å²) in [5.41, 5.74) is 7.71. The van der Waals surface area contributed by atoms with Gasteiger partial charge in [0, 0.05) is 37.4 Å². The van der Waals surface area contributed by atoms with E-state index in [0.717, 1.165) is 44.0 Å². The number of hydrogen-bond donors (Lipinski definition) is 2. The van der Waals surface area contributed by atoms with Gasteiger partial charge in [-0.25, -0.2) is 4.39 Å². The van der Waals surface area contributed by atoms with Gasteiger partial charge in [-0.15, -0.1) is 0 Å². The molecule has 0 saturated carbocycles. The van der Waals surface area contributed by atoms with E-state index in [4.69, 9.17) is 5.73 Å². The fraction of sp³-hybridized carbons (Fsp3) is 0.632. The number of piperazine rings is 1. The molecule has 25 heavy (non-hydrogen) atoms. The molecule has 140 valence electrons. The van der Waals surface area contributed by atoms with Crippen LogP contribution in [0.15, 0.2) is 18.2 Å². The first-order chi connectivity index (χ1) is 11.8. The summed E-state index contributed by atoms with van der Waals surface area (Å²) in [6.07, 6.45) is 0. The quantitative estimate of drug-likeness (QED) is 0.825. The Morgan fingerprint density at radius 1 is 1.24 bits per heavy atom. The average molecular weight is 350 g/mol. The van der Waals surface area contributed by atoms with E-state index in [9.17, 15) is 9.18 Å². The highest BCUT2D eigenvalue weighted by atomic mass is 19.1. The molecule has 1 aromatic carbocycles. The molecular weight excluding hydrogens is 319 g/mol. The zero-order valence-electron chi connectivity index (χ0n) is 15.8. The first-order valence-corrected chi connectivity index (χ1v) is 9.16. The van der Waals surface area contributed by atoms with Crippen molar-refractivity contribution in [1.29, 1.82) is 0 Å². The largest absolute Gasteiger partial charge is 0.369 e. The lowest BCUT2D eigenvalue weighted by molar-refractivity contribution is -0.123. The van der Waals surface area contributed by atoms with Crippen LogP contribution in [0.1, 0.15) is 39.3 Å². The highest BCUT2D eigenvalue weighted by Gasteiger charge is 2.24. The molecule has 2 rings (SSSR count). The van der Waals surface area contributed by atoms with Gasteiger partial charge in [0.25, 0.3) is 0 Å². The molecule has 0 aromatic heterocycles. The molecule has 0 radical (unpaired) electrons. The van der Waals surface area contributed by atoms with Crippen molar-refractivity contribution >= 4 is 11.6 Å². The Balaban J connectivity index is 2.16. The number of nitrogens with zero attached hydrogens (tertiary/aromatic N) is 2. The van der Waals surface area contributed by atoms with E-state index in [0.29, 0.717) is 0 Å². The van der Waals surface area contributed by atoms with Crippen LogP contribution in [0.4, 0.5) is 10.1 Å². The number of hydrogen-bond acceptors (Lipinski definition) is 4. The van der Waals surface area contributed by atoms with Gasteiger partial charge in [-0.3, -0.25) is 4.79 Å². The number of benzene rings is 1. The minimum Gasteiger partial charge on any atom is -0.369 e. The van der Waals surface area contributed by atoms with Crippen molar-refractivity contribution in [1.82, 2.24) is 10.2 Å². The van der Waals surface area contributed by atoms with Gasteiger partial charge in [0.2, 0.25) is 5.91 Å². The van der Waals surface area contributed by atoms with Crippen LogP contribution in [0, 0.1) is 11.7 Å². The minimum atomic E-state index is -0.562. The van der Waals surface area contributed by atoms with E-state index in [1.807, 2.05) is 26.8 Å². The third-order valence-electron chi connectivity index (χ3n) is 5.00. The number of anilines is 1. The number of nitrogens with two attached hydrogens (primary N) is 1. The molecule has 0 aliphatic carbocycles. The Bertz CT molecular complexity index is 585. The number of nitrogens with one attached hydrogen (secondary N) is 1. The number of amides is 1. The maximum atomic E-state index is 13.9. The van der Waals surface area contributed by atoms with Crippen molar-refractivity contribution in [2.75, 3.05) is 37.6 Å². The van der Waals surface area contributed by atoms with Crippen LogP contribution < -0.4 is 16.0 Å². The van der Waals surface area contributed by atoms with Gasteiger partial charge in [-0.2, -0.15) is 0 Å². The third kappa shape index (κ3) is 4.92. The standard InChI is InChI=1S/C19H31FN4O/c1-5-23-8-10-24(11-9-23)17-7-6-15(20)12-16(17)14(4)22-19(25)18(21)13(2)3/h6-7,12-14,18H,5,8-11,21H2,1-4H3,(H,22,25). The molecule has 1 saturated heterocycles. The summed E-state index contributed by atoms with van der Waals surface area (Å²) < 4.78 is 13.9. The third-order valence-corrected chi connectivity index (χ3v) is 5.00. The molecule has 2 atom stereocenters. The summed E-state index contributed by atoms with van der Waals surface area (Å²) >= 11 is 0.